The number of hydrogen-bond donors (Lipinski definition) is 3. The highest BCUT2D eigenvalue weighted by Gasteiger charge is 2.17. The predicted octanol–water partition coefficient (Wildman–Crippen LogP) is 2.89. The van der Waals surface area contributed by atoms with Gasteiger partial charge in [-0.15, -0.1) is 0 Å². The van der Waals surface area contributed by atoms with Crippen LogP contribution >= 0.6 is 0 Å². The van der Waals surface area contributed by atoms with Crippen LogP contribution in [0.4, 0.5) is 0 Å². The van der Waals surface area contributed by atoms with Gasteiger partial charge in [0, 0.05) is 31.6 Å². The number of carboxylic acid groups (broad SMARTS) is 1. The van der Waals surface area contributed by atoms with Crippen molar-refractivity contribution < 1.29 is 24.2 Å². The number of aryl methyl sites for hydroxylation is 1. The Hall–Kier alpha value is -3.39. The van der Waals surface area contributed by atoms with Crippen LogP contribution in [-0.4, -0.2) is 53.5 Å². The standard InChI is InChI=1S/C27H35N3O5/c1-20(27(33)34)29-25(31)13-11-21-10-12-24-23(16-21)18-30(17-22-8-4-2-5-9-22)19-26(32)28-14-6-3-7-15-35-24/h2,4-5,8-10,12,16,20H,3,6-7,11,13-15,17-19H2,1H3,(H,28,32)(H,29,31)(H,33,34)/t20-/m0/s1. The minimum atomic E-state index is -1.06. The van der Waals surface area contributed by atoms with Crippen LogP contribution in [-0.2, 0) is 33.9 Å². The van der Waals surface area contributed by atoms with Crippen LogP contribution in [0.5, 0.6) is 5.75 Å². The molecule has 188 valence electrons. The molecular weight excluding hydrogens is 446 g/mol. The first-order valence-corrected chi connectivity index (χ1v) is 12.2. The maximum absolute atomic E-state index is 12.6. The molecule has 2 amide bonds. The number of carbonyl (C=O) groups is 3. The van der Waals surface area contributed by atoms with Crippen molar-refractivity contribution in [1.29, 1.82) is 0 Å². The van der Waals surface area contributed by atoms with Crippen molar-refractivity contribution in [3.63, 3.8) is 0 Å². The maximum atomic E-state index is 12.6. The van der Waals surface area contributed by atoms with E-state index < -0.39 is 12.0 Å². The summed E-state index contributed by atoms with van der Waals surface area (Å²) in [4.78, 5) is 37.8. The van der Waals surface area contributed by atoms with E-state index >= 15 is 0 Å². The van der Waals surface area contributed by atoms with Gasteiger partial charge >= 0.3 is 5.97 Å². The second kappa shape index (κ2) is 13.5. The summed E-state index contributed by atoms with van der Waals surface area (Å²) in [6.07, 6.45) is 3.47. The van der Waals surface area contributed by atoms with Gasteiger partial charge in [-0.05, 0) is 49.8 Å². The van der Waals surface area contributed by atoms with Crippen LogP contribution in [0.1, 0.15) is 49.3 Å². The van der Waals surface area contributed by atoms with Crippen molar-refractivity contribution in [2.24, 2.45) is 0 Å². The van der Waals surface area contributed by atoms with Crippen LogP contribution in [0.2, 0.25) is 0 Å². The molecule has 2 aromatic carbocycles. The van der Waals surface area contributed by atoms with Crippen molar-refractivity contribution in [2.45, 2.75) is 58.2 Å². The molecule has 8 nitrogen and oxygen atoms in total. The van der Waals surface area contributed by atoms with Crippen molar-refractivity contribution in [1.82, 2.24) is 15.5 Å². The van der Waals surface area contributed by atoms with Gasteiger partial charge in [-0.3, -0.25) is 19.3 Å². The Bertz CT molecular complexity index is 996. The molecule has 35 heavy (non-hydrogen) atoms. The molecule has 2 aromatic rings. The summed E-state index contributed by atoms with van der Waals surface area (Å²) in [6, 6.07) is 15.0. The number of carbonyl (C=O) groups excluding carboxylic acids is 2. The minimum absolute atomic E-state index is 0.00280. The fraction of sp³-hybridized carbons (Fsp3) is 0.444. The molecule has 0 aromatic heterocycles. The molecule has 3 rings (SSSR count). The van der Waals surface area contributed by atoms with E-state index in [0.29, 0.717) is 32.7 Å². The van der Waals surface area contributed by atoms with E-state index in [1.54, 1.807) is 0 Å². The molecule has 1 aliphatic heterocycles. The lowest BCUT2D eigenvalue weighted by Gasteiger charge is -2.24. The number of hydrogen-bond acceptors (Lipinski definition) is 5. The van der Waals surface area contributed by atoms with Gasteiger partial charge in [0.05, 0.1) is 13.2 Å². The summed E-state index contributed by atoms with van der Waals surface area (Å²) < 4.78 is 6.11. The fourth-order valence-electron chi connectivity index (χ4n) is 4.01. The number of aliphatic carboxylic acids is 1. The third-order valence-corrected chi connectivity index (χ3v) is 5.92. The van der Waals surface area contributed by atoms with Gasteiger partial charge in [-0.1, -0.05) is 42.5 Å². The summed E-state index contributed by atoms with van der Waals surface area (Å²) in [6.45, 7) is 4.13. The number of nitrogens with one attached hydrogen (secondary N) is 2. The highest BCUT2D eigenvalue weighted by Crippen LogP contribution is 2.24. The van der Waals surface area contributed by atoms with Crippen molar-refractivity contribution in [2.75, 3.05) is 19.7 Å². The molecule has 0 saturated carbocycles. The zero-order chi connectivity index (χ0) is 25.0. The molecular formula is C27H35N3O5. The number of carboxylic acids is 1. The summed E-state index contributed by atoms with van der Waals surface area (Å²) in [5, 5.41) is 14.5. The molecule has 0 unspecified atom stereocenters. The molecule has 1 aliphatic rings. The van der Waals surface area contributed by atoms with E-state index in [2.05, 4.69) is 15.5 Å². The minimum Gasteiger partial charge on any atom is -0.493 e. The van der Waals surface area contributed by atoms with Gasteiger partial charge in [0.2, 0.25) is 11.8 Å². The van der Waals surface area contributed by atoms with E-state index in [-0.39, 0.29) is 24.8 Å². The second-order valence-corrected chi connectivity index (χ2v) is 8.96. The zero-order valence-electron chi connectivity index (χ0n) is 20.3. The number of amides is 2. The van der Waals surface area contributed by atoms with E-state index in [9.17, 15) is 14.4 Å². The number of nitrogens with zero attached hydrogens (tertiary/aromatic N) is 1. The Morgan fingerprint density at radius 3 is 2.66 bits per heavy atom. The molecule has 8 heteroatoms. The third kappa shape index (κ3) is 9.05. The molecule has 0 spiro atoms. The quantitative estimate of drug-likeness (QED) is 0.561. The molecule has 1 heterocycles. The predicted molar refractivity (Wildman–Crippen MR) is 133 cm³/mol. The molecule has 0 bridgehead atoms. The first-order chi connectivity index (χ1) is 16.9. The Labute approximate surface area is 206 Å². The number of benzene rings is 2. The van der Waals surface area contributed by atoms with Crippen LogP contribution in [0.15, 0.2) is 48.5 Å². The van der Waals surface area contributed by atoms with E-state index in [4.69, 9.17) is 9.84 Å². The maximum Gasteiger partial charge on any atom is 0.325 e. The largest absolute Gasteiger partial charge is 0.493 e. The fourth-order valence-corrected chi connectivity index (χ4v) is 4.01. The molecule has 0 saturated heterocycles. The van der Waals surface area contributed by atoms with Gasteiger partial charge in [-0.25, -0.2) is 0 Å². The highest BCUT2D eigenvalue weighted by molar-refractivity contribution is 5.83. The SMILES string of the molecule is C[C@H](NC(=O)CCc1ccc2c(c1)CN(Cc1ccccc1)CC(=O)NCCCCCO2)C(=O)O. The van der Waals surface area contributed by atoms with Crippen LogP contribution in [0.3, 0.4) is 0 Å². The highest BCUT2D eigenvalue weighted by atomic mass is 16.5. The van der Waals surface area contributed by atoms with Gasteiger partial charge in [-0.2, -0.15) is 0 Å². The Kier molecular flexibility index (Phi) is 10.1. The molecule has 0 aliphatic carbocycles. The first kappa shape index (κ1) is 26.2. The second-order valence-electron chi connectivity index (χ2n) is 8.96. The Morgan fingerprint density at radius 1 is 1.09 bits per heavy atom. The van der Waals surface area contributed by atoms with Crippen LogP contribution < -0.4 is 15.4 Å². The van der Waals surface area contributed by atoms with Gasteiger partial charge in [0.25, 0.3) is 0 Å². The smallest absolute Gasteiger partial charge is 0.325 e. The first-order valence-electron chi connectivity index (χ1n) is 12.2. The van der Waals surface area contributed by atoms with E-state index in [1.165, 1.54) is 6.92 Å². The Balaban J connectivity index is 1.77. The van der Waals surface area contributed by atoms with Crippen molar-refractivity contribution in [3.05, 3.63) is 65.2 Å². The molecule has 0 fully saturated rings. The lowest BCUT2D eigenvalue weighted by atomic mass is 10.0. The number of fused-ring (bicyclic) bond motifs is 1. The number of ether oxygens (including phenoxy) is 1. The summed E-state index contributed by atoms with van der Waals surface area (Å²) >= 11 is 0. The number of rotatable bonds is 7. The summed E-state index contributed by atoms with van der Waals surface area (Å²) in [5.41, 5.74) is 3.04. The van der Waals surface area contributed by atoms with Gasteiger partial charge in [0.15, 0.2) is 0 Å². The van der Waals surface area contributed by atoms with Crippen molar-refractivity contribution in [3.8, 4) is 5.75 Å². The topological polar surface area (TPSA) is 108 Å². The van der Waals surface area contributed by atoms with Gasteiger partial charge in [0.1, 0.15) is 11.8 Å². The van der Waals surface area contributed by atoms with Crippen LogP contribution in [0.25, 0.3) is 0 Å². The molecule has 1 atom stereocenters. The summed E-state index contributed by atoms with van der Waals surface area (Å²) in [7, 11) is 0. The monoisotopic (exact) mass is 481 g/mol. The van der Waals surface area contributed by atoms with Gasteiger partial charge < -0.3 is 20.5 Å². The average Bonchev–Trinajstić information content (AvgIpc) is 2.84. The lowest BCUT2D eigenvalue weighted by Crippen LogP contribution is -2.38. The zero-order valence-corrected chi connectivity index (χ0v) is 20.3. The van der Waals surface area contributed by atoms with E-state index in [1.807, 2.05) is 48.5 Å². The molecule has 0 radical (unpaired) electrons. The molecule has 3 N–H and O–H groups in total. The normalized spacial score (nSPS) is 16.3. The third-order valence-electron chi connectivity index (χ3n) is 5.92. The van der Waals surface area contributed by atoms with Crippen molar-refractivity contribution >= 4 is 17.8 Å². The average molecular weight is 482 g/mol. The lowest BCUT2D eigenvalue weighted by molar-refractivity contribution is -0.141. The summed E-state index contributed by atoms with van der Waals surface area (Å²) in [5.74, 6) is -0.574. The Morgan fingerprint density at radius 2 is 1.89 bits per heavy atom. The van der Waals surface area contributed by atoms with E-state index in [0.717, 1.165) is 41.7 Å². The van der Waals surface area contributed by atoms with Crippen LogP contribution in [0, 0.1) is 0 Å².